The summed E-state index contributed by atoms with van der Waals surface area (Å²) in [6.07, 6.45) is 0.420. The monoisotopic (exact) mass is 229 g/mol. The second kappa shape index (κ2) is 6.42. The molecular weight excluding hydrogens is 213 g/mol. The lowest BCUT2D eigenvalue weighted by molar-refractivity contribution is 0.140. The molecule has 90 valence electrons. The first-order chi connectivity index (χ1) is 7.74. The van der Waals surface area contributed by atoms with Gasteiger partial charge in [-0.05, 0) is 11.6 Å². The van der Waals surface area contributed by atoms with Crippen molar-refractivity contribution in [2.24, 2.45) is 5.90 Å². The van der Waals surface area contributed by atoms with Gasteiger partial charge in [-0.15, -0.1) is 0 Å². The molecule has 0 spiro atoms. The summed E-state index contributed by atoms with van der Waals surface area (Å²) in [4.78, 5) is 4.43. The zero-order chi connectivity index (χ0) is 12.0. The maximum atomic E-state index is 14.0. The van der Waals surface area contributed by atoms with E-state index in [0.29, 0.717) is 23.3 Å². The fraction of sp³-hybridized carbons (Fsp3) is 0.455. The molecule has 0 fully saturated rings. The maximum absolute atomic E-state index is 14.0. The molecule has 1 aromatic rings. The smallest absolute Gasteiger partial charge is 0.135 e. The van der Waals surface area contributed by atoms with Gasteiger partial charge in [0, 0.05) is 13.5 Å². The van der Waals surface area contributed by atoms with Crippen LogP contribution in [0.15, 0.2) is 12.1 Å². The molecule has 0 radical (unpaired) electrons. The Balaban J connectivity index is 3.00. The van der Waals surface area contributed by atoms with Gasteiger partial charge in [0.25, 0.3) is 0 Å². The van der Waals surface area contributed by atoms with Crippen LogP contribution in [0.3, 0.4) is 0 Å². The maximum Gasteiger partial charge on any atom is 0.135 e. The van der Waals surface area contributed by atoms with E-state index in [9.17, 15) is 4.39 Å². The molecule has 0 aliphatic rings. The SMILES string of the molecule is COCc1c(OC)ccc(CCON)c1F. The van der Waals surface area contributed by atoms with E-state index in [1.807, 2.05) is 0 Å². The van der Waals surface area contributed by atoms with Gasteiger partial charge in [0.1, 0.15) is 11.6 Å². The Kier molecular flexibility index (Phi) is 5.18. The van der Waals surface area contributed by atoms with E-state index in [0.717, 1.165) is 0 Å². The van der Waals surface area contributed by atoms with Crippen LogP contribution in [-0.4, -0.2) is 20.8 Å². The molecule has 1 aromatic carbocycles. The molecule has 0 aliphatic carbocycles. The molecule has 0 aromatic heterocycles. The first-order valence-electron chi connectivity index (χ1n) is 4.89. The molecule has 16 heavy (non-hydrogen) atoms. The highest BCUT2D eigenvalue weighted by atomic mass is 19.1. The highest BCUT2D eigenvalue weighted by Crippen LogP contribution is 2.25. The summed E-state index contributed by atoms with van der Waals surface area (Å²) >= 11 is 0. The summed E-state index contributed by atoms with van der Waals surface area (Å²) in [6.45, 7) is 0.446. The van der Waals surface area contributed by atoms with Crippen molar-refractivity contribution in [3.8, 4) is 5.75 Å². The Morgan fingerprint density at radius 2 is 2.06 bits per heavy atom. The summed E-state index contributed by atoms with van der Waals surface area (Å²) in [5.74, 6) is 5.07. The van der Waals surface area contributed by atoms with Gasteiger partial charge >= 0.3 is 0 Å². The highest BCUT2D eigenvalue weighted by molar-refractivity contribution is 5.38. The third-order valence-electron chi connectivity index (χ3n) is 2.28. The van der Waals surface area contributed by atoms with Crippen LogP contribution >= 0.6 is 0 Å². The van der Waals surface area contributed by atoms with Gasteiger partial charge < -0.3 is 14.3 Å². The van der Waals surface area contributed by atoms with E-state index < -0.39 is 0 Å². The van der Waals surface area contributed by atoms with Gasteiger partial charge in [0.05, 0.1) is 25.9 Å². The first-order valence-corrected chi connectivity index (χ1v) is 4.89. The van der Waals surface area contributed by atoms with Crippen LogP contribution in [0.4, 0.5) is 4.39 Å². The van der Waals surface area contributed by atoms with Crippen molar-refractivity contribution in [2.45, 2.75) is 13.0 Å². The van der Waals surface area contributed by atoms with Crippen LogP contribution in [-0.2, 0) is 22.6 Å². The molecule has 5 heteroatoms. The zero-order valence-corrected chi connectivity index (χ0v) is 9.46. The van der Waals surface area contributed by atoms with Gasteiger partial charge in [-0.25, -0.2) is 10.3 Å². The number of hydrogen-bond acceptors (Lipinski definition) is 4. The van der Waals surface area contributed by atoms with Crippen LogP contribution in [0.1, 0.15) is 11.1 Å². The Hall–Kier alpha value is -1.17. The lowest BCUT2D eigenvalue weighted by Crippen LogP contribution is -2.07. The Morgan fingerprint density at radius 1 is 1.31 bits per heavy atom. The summed E-state index contributed by atoms with van der Waals surface area (Å²) in [6, 6.07) is 3.37. The van der Waals surface area contributed by atoms with E-state index in [4.69, 9.17) is 15.4 Å². The molecule has 0 saturated carbocycles. The standard InChI is InChI=1S/C11H16FNO3/c1-14-7-9-10(15-2)4-3-8(11(9)12)5-6-16-13/h3-4H,5-7,13H2,1-2H3. The second-order valence-corrected chi connectivity index (χ2v) is 3.27. The summed E-state index contributed by atoms with van der Waals surface area (Å²) < 4.78 is 24.0. The Labute approximate surface area is 94.1 Å². The lowest BCUT2D eigenvalue weighted by atomic mass is 10.1. The van der Waals surface area contributed by atoms with Crippen LogP contribution in [0.5, 0.6) is 5.75 Å². The van der Waals surface area contributed by atoms with Crippen LogP contribution < -0.4 is 10.6 Å². The highest BCUT2D eigenvalue weighted by Gasteiger charge is 2.13. The van der Waals surface area contributed by atoms with Crippen LogP contribution in [0, 0.1) is 5.82 Å². The number of methoxy groups -OCH3 is 2. The molecule has 0 saturated heterocycles. The first kappa shape index (κ1) is 12.9. The van der Waals surface area contributed by atoms with Gasteiger partial charge in [-0.2, -0.15) is 0 Å². The lowest BCUT2D eigenvalue weighted by Gasteiger charge is -2.12. The van der Waals surface area contributed by atoms with Crippen molar-refractivity contribution >= 4 is 0 Å². The fourth-order valence-electron chi connectivity index (χ4n) is 1.48. The average Bonchev–Trinajstić information content (AvgIpc) is 2.30. The number of ether oxygens (including phenoxy) is 2. The Bertz CT molecular complexity index is 344. The number of nitrogens with two attached hydrogens (primary N) is 1. The van der Waals surface area contributed by atoms with Gasteiger partial charge in [-0.1, -0.05) is 6.07 Å². The van der Waals surface area contributed by atoms with Crippen LogP contribution in [0.25, 0.3) is 0 Å². The average molecular weight is 229 g/mol. The van der Waals surface area contributed by atoms with Crippen molar-refractivity contribution in [3.63, 3.8) is 0 Å². The number of rotatable bonds is 6. The summed E-state index contributed by atoms with van der Waals surface area (Å²) in [5, 5.41) is 0. The van der Waals surface area contributed by atoms with E-state index in [-0.39, 0.29) is 19.0 Å². The zero-order valence-electron chi connectivity index (χ0n) is 9.46. The fourth-order valence-corrected chi connectivity index (χ4v) is 1.48. The number of benzene rings is 1. The molecule has 0 bridgehead atoms. The van der Waals surface area contributed by atoms with Crippen molar-refractivity contribution < 1.29 is 18.7 Å². The van der Waals surface area contributed by atoms with E-state index in [1.54, 1.807) is 12.1 Å². The quantitative estimate of drug-likeness (QED) is 0.749. The predicted octanol–water partition coefficient (Wildman–Crippen LogP) is 1.41. The third-order valence-corrected chi connectivity index (χ3v) is 2.28. The predicted molar refractivity (Wildman–Crippen MR) is 57.5 cm³/mol. The largest absolute Gasteiger partial charge is 0.496 e. The molecular formula is C11H16FNO3. The molecule has 1 rings (SSSR count). The van der Waals surface area contributed by atoms with Crippen molar-refractivity contribution in [2.75, 3.05) is 20.8 Å². The minimum Gasteiger partial charge on any atom is -0.496 e. The molecule has 2 N–H and O–H groups in total. The Morgan fingerprint density at radius 3 is 2.62 bits per heavy atom. The second-order valence-electron chi connectivity index (χ2n) is 3.27. The molecule has 0 aliphatic heterocycles. The molecule has 0 amide bonds. The summed E-state index contributed by atoms with van der Waals surface area (Å²) in [5.41, 5.74) is 0.956. The molecule has 0 heterocycles. The number of halogens is 1. The van der Waals surface area contributed by atoms with Crippen LogP contribution in [0.2, 0.25) is 0 Å². The van der Waals surface area contributed by atoms with Crippen molar-refractivity contribution in [1.82, 2.24) is 0 Å². The van der Waals surface area contributed by atoms with E-state index in [1.165, 1.54) is 14.2 Å². The minimum atomic E-state index is -0.321. The minimum absolute atomic E-state index is 0.173. The molecule has 0 atom stereocenters. The molecule has 0 unspecified atom stereocenters. The van der Waals surface area contributed by atoms with Crippen molar-refractivity contribution in [1.29, 1.82) is 0 Å². The van der Waals surface area contributed by atoms with E-state index in [2.05, 4.69) is 4.84 Å². The third kappa shape index (κ3) is 2.91. The van der Waals surface area contributed by atoms with Gasteiger partial charge in [-0.3, -0.25) is 0 Å². The van der Waals surface area contributed by atoms with Gasteiger partial charge in [0.2, 0.25) is 0 Å². The topological polar surface area (TPSA) is 53.7 Å². The molecule has 4 nitrogen and oxygen atoms in total. The normalized spacial score (nSPS) is 10.5. The van der Waals surface area contributed by atoms with Crippen molar-refractivity contribution in [3.05, 3.63) is 29.1 Å². The van der Waals surface area contributed by atoms with E-state index >= 15 is 0 Å². The number of hydrogen-bond donors (Lipinski definition) is 1. The summed E-state index contributed by atoms with van der Waals surface area (Å²) in [7, 11) is 3.01. The van der Waals surface area contributed by atoms with Gasteiger partial charge in [0.15, 0.2) is 0 Å².